The van der Waals surface area contributed by atoms with Gasteiger partial charge in [0, 0.05) is 25.6 Å². The Hall–Kier alpha value is -1.25. The molecule has 0 bridgehead atoms. The average molecular weight is 209 g/mol. The molecule has 1 atom stereocenters. The molecule has 0 aliphatic rings. The minimum Gasteiger partial charge on any atom is -0.437 e. The van der Waals surface area contributed by atoms with Crippen molar-refractivity contribution in [2.45, 2.75) is 40.2 Å². The zero-order valence-electron chi connectivity index (χ0n) is 9.91. The van der Waals surface area contributed by atoms with E-state index in [2.05, 4.69) is 25.7 Å². The normalized spacial score (nSPS) is 12.5. The van der Waals surface area contributed by atoms with Crippen LogP contribution in [0, 0.1) is 0 Å². The SMILES string of the molecule is CCC(C)N(CC)c1ccc(C(C)=O)o1. The highest BCUT2D eigenvalue weighted by atomic mass is 16.4. The predicted molar refractivity (Wildman–Crippen MR) is 61.5 cm³/mol. The highest BCUT2D eigenvalue weighted by Crippen LogP contribution is 2.21. The van der Waals surface area contributed by atoms with Gasteiger partial charge in [0.05, 0.1) is 0 Å². The second-order valence-corrected chi connectivity index (χ2v) is 3.74. The molecular formula is C12H19NO2. The monoisotopic (exact) mass is 209 g/mol. The molecule has 0 saturated heterocycles. The van der Waals surface area contributed by atoms with Gasteiger partial charge >= 0.3 is 0 Å². The molecule has 0 spiro atoms. The van der Waals surface area contributed by atoms with E-state index in [9.17, 15) is 4.79 Å². The van der Waals surface area contributed by atoms with Crippen molar-refractivity contribution in [2.24, 2.45) is 0 Å². The van der Waals surface area contributed by atoms with E-state index in [1.807, 2.05) is 6.07 Å². The van der Waals surface area contributed by atoms with Crippen molar-refractivity contribution >= 4 is 11.7 Å². The van der Waals surface area contributed by atoms with E-state index in [0.29, 0.717) is 11.8 Å². The highest BCUT2D eigenvalue weighted by Gasteiger charge is 2.15. The summed E-state index contributed by atoms with van der Waals surface area (Å²) in [5, 5.41) is 0. The Morgan fingerprint density at radius 1 is 1.47 bits per heavy atom. The molecule has 0 amide bonds. The zero-order chi connectivity index (χ0) is 11.4. The Morgan fingerprint density at radius 2 is 2.13 bits per heavy atom. The molecule has 0 fully saturated rings. The largest absolute Gasteiger partial charge is 0.437 e. The maximum absolute atomic E-state index is 11.1. The number of carbonyl (C=O) groups is 1. The van der Waals surface area contributed by atoms with Crippen LogP contribution in [0.15, 0.2) is 16.5 Å². The third-order valence-electron chi connectivity index (χ3n) is 2.69. The van der Waals surface area contributed by atoms with Gasteiger partial charge in [0.15, 0.2) is 17.4 Å². The van der Waals surface area contributed by atoms with Crippen molar-refractivity contribution in [2.75, 3.05) is 11.4 Å². The van der Waals surface area contributed by atoms with Gasteiger partial charge in [0.2, 0.25) is 0 Å². The fourth-order valence-electron chi connectivity index (χ4n) is 1.58. The van der Waals surface area contributed by atoms with Crippen LogP contribution in [0.4, 0.5) is 5.88 Å². The first-order valence-corrected chi connectivity index (χ1v) is 5.47. The maximum atomic E-state index is 11.1. The second-order valence-electron chi connectivity index (χ2n) is 3.74. The summed E-state index contributed by atoms with van der Waals surface area (Å²) in [7, 11) is 0. The van der Waals surface area contributed by atoms with Gasteiger partial charge in [-0.1, -0.05) is 6.92 Å². The Kier molecular flexibility index (Phi) is 3.95. The lowest BCUT2D eigenvalue weighted by Gasteiger charge is -2.26. The van der Waals surface area contributed by atoms with Gasteiger partial charge in [-0.25, -0.2) is 0 Å². The van der Waals surface area contributed by atoms with E-state index in [4.69, 9.17) is 4.42 Å². The second kappa shape index (κ2) is 5.01. The summed E-state index contributed by atoms with van der Waals surface area (Å²) in [4.78, 5) is 13.3. The zero-order valence-corrected chi connectivity index (χ0v) is 9.91. The number of hydrogen-bond acceptors (Lipinski definition) is 3. The first-order valence-electron chi connectivity index (χ1n) is 5.47. The molecule has 1 unspecified atom stereocenters. The third-order valence-corrected chi connectivity index (χ3v) is 2.69. The first-order chi connectivity index (χ1) is 7.10. The number of rotatable bonds is 5. The summed E-state index contributed by atoms with van der Waals surface area (Å²) in [6, 6.07) is 4.04. The van der Waals surface area contributed by atoms with Gasteiger partial charge in [0.25, 0.3) is 0 Å². The average Bonchev–Trinajstić information content (AvgIpc) is 2.68. The first kappa shape index (κ1) is 11.8. The van der Waals surface area contributed by atoms with E-state index in [0.717, 1.165) is 18.8 Å². The Bertz CT molecular complexity index is 330. The number of anilines is 1. The molecule has 15 heavy (non-hydrogen) atoms. The van der Waals surface area contributed by atoms with Crippen molar-refractivity contribution in [1.29, 1.82) is 0 Å². The number of carbonyl (C=O) groups excluding carboxylic acids is 1. The Balaban J connectivity index is 2.87. The molecule has 0 saturated carbocycles. The molecule has 0 aromatic carbocycles. The summed E-state index contributed by atoms with van der Waals surface area (Å²) < 4.78 is 5.50. The van der Waals surface area contributed by atoms with Gasteiger partial charge in [0.1, 0.15) is 0 Å². The molecule has 0 radical (unpaired) electrons. The smallest absolute Gasteiger partial charge is 0.196 e. The lowest BCUT2D eigenvalue weighted by atomic mass is 10.2. The number of Topliss-reactive ketones (excluding diaryl/α,β-unsaturated/α-hetero) is 1. The van der Waals surface area contributed by atoms with Gasteiger partial charge in [-0.05, 0) is 26.3 Å². The standard InChI is InChI=1S/C12H19NO2/c1-5-9(3)13(6-2)12-8-7-11(15-12)10(4)14/h7-9H,5-6H2,1-4H3. The van der Waals surface area contributed by atoms with Gasteiger partial charge in [-0.2, -0.15) is 0 Å². The molecule has 1 rings (SSSR count). The summed E-state index contributed by atoms with van der Waals surface area (Å²) in [6.07, 6.45) is 1.06. The van der Waals surface area contributed by atoms with Crippen molar-refractivity contribution in [3.63, 3.8) is 0 Å². The van der Waals surface area contributed by atoms with Crippen LogP contribution in [-0.4, -0.2) is 18.4 Å². The van der Waals surface area contributed by atoms with Crippen LogP contribution < -0.4 is 4.90 Å². The van der Waals surface area contributed by atoms with Crippen LogP contribution in [-0.2, 0) is 0 Å². The summed E-state index contributed by atoms with van der Waals surface area (Å²) in [6.45, 7) is 8.78. The molecule has 3 nitrogen and oxygen atoms in total. The molecule has 84 valence electrons. The minimum absolute atomic E-state index is 0.0264. The van der Waals surface area contributed by atoms with Crippen molar-refractivity contribution in [1.82, 2.24) is 0 Å². The highest BCUT2D eigenvalue weighted by molar-refractivity contribution is 5.91. The van der Waals surface area contributed by atoms with Crippen LogP contribution in [0.25, 0.3) is 0 Å². The molecule has 0 aliphatic heterocycles. The number of ketones is 1. The fourth-order valence-corrected chi connectivity index (χ4v) is 1.58. The third kappa shape index (κ3) is 2.61. The minimum atomic E-state index is -0.0264. The van der Waals surface area contributed by atoms with Crippen LogP contribution in [0.1, 0.15) is 44.7 Å². The quantitative estimate of drug-likeness (QED) is 0.699. The van der Waals surface area contributed by atoms with Crippen molar-refractivity contribution < 1.29 is 9.21 Å². The van der Waals surface area contributed by atoms with Crippen LogP contribution in [0.2, 0.25) is 0 Å². The van der Waals surface area contributed by atoms with E-state index >= 15 is 0 Å². The lowest BCUT2D eigenvalue weighted by molar-refractivity contribution is 0.0987. The summed E-state index contributed by atoms with van der Waals surface area (Å²) >= 11 is 0. The van der Waals surface area contributed by atoms with Gasteiger partial charge < -0.3 is 9.32 Å². The fraction of sp³-hybridized carbons (Fsp3) is 0.583. The van der Waals surface area contributed by atoms with Gasteiger partial charge in [-0.3, -0.25) is 4.79 Å². The van der Waals surface area contributed by atoms with Crippen LogP contribution in [0.3, 0.4) is 0 Å². The number of nitrogens with zero attached hydrogens (tertiary/aromatic N) is 1. The van der Waals surface area contributed by atoms with E-state index in [1.54, 1.807) is 6.07 Å². The topological polar surface area (TPSA) is 33.5 Å². The predicted octanol–water partition coefficient (Wildman–Crippen LogP) is 3.11. The molecule has 0 N–H and O–H groups in total. The molecule has 0 aliphatic carbocycles. The number of hydrogen-bond donors (Lipinski definition) is 0. The summed E-state index contributed by atoms with van der Waals surface area (Å²) in [5.74, 6) is 1.20. The number of furan rings is 1. The van der Waals surface area contributed by atoms with Crippen molar-refractivity contribution in [3.8, 4) is 0 Å². The Morgan fingerprint density at radius 3 is 2.53 bits per heavy atom. The Labute approximate surface area is 91.1 Å². The van der Waals surface area contributed by atoms with E-state index < -0.39 is 0 Å². The van der Waals surface area contributed by atoms with Crippen LogP contribution in [0.5, 0.6) is 0 Å². The molecule has 1 aromatic heterocycles. The van der Waals surface area contributed by atoms with Crippen LogP contribution >= 0.6 is 0 Å². The van der Waals surface area contributed by atoms with E-state index in [-0.39, 0.29) is 5.78 Å². The summed E-state index contributed by atoms with van der Waals surface area (Å²) in [5.41, 5.74) is 0. The van der Waals surface area contributed by atoms with Crippen molar-refractivity contribution in [3.05, 3.63) is 17.9 Å². The molecule has 1 heterocycles. The van der Waals surface area contributed by atoms with E-state index in [1.165, 1.54) is 6.92 Å². The lowest BCUT2D eigenvalue weighted by Crippen LogP contribution is -2.31. The molecule has 1 aromatic rings. The van der Waals surface area contributed by atoms with Gasteiger partial charge in [-0.15, -0.1) is 0 Å². The molecular weight excluding hydrogens is 190 g/mol. The molecule has 3 heteroatoms. The maximum Gasteiger partial charge on any atom is 0.196 e.